The third-order valence-electron chi connectivity index (χ3n) is 5.41. The van der Waals surface area contributed by atoms with Crippen LogP contribution in [0.15, 0.2) is 73.1 Å². The molecule has 166 valence electrons. The lowest BCUT2D eigenvalue weighted by Crippen LogP contribution is -2.13. The Morgan fingerprint density at radius 2 is 1.88 bits per heavy atom. The first-order valence-corrected chi connectivity index (χ1v) is 10.6. The van der Waals surface area contributed by atoms with E-state index in [1.807, 2.05) is 49.4 Å². The van der Waals surface area contributed by atoms with Crippen LogP contribution >= 0.6 is 0 Å². The maximum absolute atomic E-state index is 12.7. The van der Waals surface area contributed by atoms with Crippen molar-refractivity contribution in [2.75, 3.05) is 12.4 Å². The maximum atomic E-state index is 12.7. The van der Waals surface area contributed by atoms with Gasteiger partial charge >= 0.3 is 0 Å². The minimum Gasteiger partial charge on any atom is -0.497 e. The minimum absolute atomic E-state index is 0.221. The normalized spacial score (nSPS) is 10.6. The highest BCUT2D eigenvalue weighted by molar-refractivity contribution is 6.04. The second-order valence-electron chi connectivity index (χ2n) is 7.57. The Balaban J connectivity index is 1.71. The van der Waals surface area contributed by atoms with E-state index in [2.05, 4.69) is 26.1 Å². The number of hydrogen-bond acceptors (Lipinski definition) is 5. The van der Waals surface area contributed by atoms with Crippen molar-refractivity contribution in [1.82, 2.24) is 14.8 Å². The Morgan fingerprint density at radius 1 is 1.06 bits per heavy atom. The molecule has 0 aliphatic carbocycles. The van der Waals surface area contributed by atoms with E-state index in [4.69, 9.17) is 4.74 Å². The number of aryl methyl sites for hydroxylation is 2. The molecule has 2 aromatic carbocycles. The van der Waals surface area contributed by atoms with Crippen molar-refractivity contribution in [3.8, 4) is 22.7 Å². The summed E-state index contributed by atoms with van der Waals surface area (Å²) in [5, 5.41) is 10.3. The van der Waals surface area contributed by atoms with Gasteiger partial charge in [-0.3, -0.25) is 4.79 Å². The highest BCUT2D eigenvalue weighted by Crippen LogP contribution is 2.30. The van der Waals surface area contributed by atoms with Crippen molar-refractivity contribution in [3.63, 3.8) is 0 Å². The summed E-state index contributed by atoms with van der Waals surface area (Å²) in [5.41, 5.74) is 6.07. The van der Waals surface area contributed by atoms with Gasteiger partial charge in [0, 0.05) is 23.4 Å². The lowest BCUT2D eigenvalue weighted by molar-refractivity contribution is -0.107. The quantitative estimate of drug-likeness (QED) is 0.404. The number of rotatable bonds is 8. The number of nitrogens with one attached hydrogen (secondary N) is 1. The van der Waals surface area contributed by atoms with Crippen LogP contribution in [0.2, 0.25) is 0 Å². The molecule has 33 heavy (non-hydrogen) atoms. The number of anilines is 1. The van der Waals surface area contributed by atoms with Crippen molar-refractivity contribution in [2.45, 2.75) is 19.8 Å². The van der Waals surface area contributed by atoms with Gasteiger partial charge in [-0.05, 0) is 85.1 Å². The smallest absolute Gasteiger partial charge is 0.255 e. The van der Waals surface area contributed by atoms with Crippen molar-refractivity contribution in [3.05, 3.63) is 89.9 Å². The number of aromatic nitrogens is 3. The molecule has 0 atom stereocenters. The van der Waals surface area contributed by atoms with E-state index in [1.54, 1.807) is 19.2 Å². The zero-order chi connectivity index (χ0) is 23.2. The monoisotopic (exact) mass is 440 g/mol. The van der Waals surface area contributed by atoms with Gasteiger partial charge in [0.05, 0.1) is 30.9 Å². The molecular weight excluding hydrogens is 416 g/mol. The zero-order valence-corrected chi connectivity index (χ0v) is 18.5. The van der Waals surface area contributed by atoms with Gasteiger partial charge in [-0.15, -0.1) is 0 Å². The molecule has 4 aromatic rings. The van der Waals surface area contributed by atoms with Gasteiger partial charge in [0.2, 0.25) is 0 Å². The van der Waals surface area contributed by atoms with Gasteiger partial charge < -0.3 is 19.4 Å². The van der Waals surface area contributed by atoms with Gasteiger partial charge in [-0.1, -0.05) is 0 Å². The number of carbonyl (C=O) groups excluding carboxylic acids is 2. The van der Waals surface area contributed by atoms with Crippen molar-refractivity contribution >= 4 is 17.9 Å². The molecule has 0 spiro atoms. The number of hydrogen-bond donors (Lipinski definition) is 1. The molecule has 0 aliphatic heterocycles. The lowest BCUT2D eigenvalue weighted by Gasteiger charge is -2.17. The molecule has 0 saturated carbocycles. The van der Waals surface area contributed by atoms with Crippen LogP contribution in [0, 0.1) is 6.92 Å². The molecule has 0 unspecified atom stereocenters. The fourth-order valence-corrected chi connectivity index (χ4v) is 3.77. The number of aldehydes is 1. The summed E-state index contributed by atoms with van der Waals surface area (Å²) in [6.45, 7) is 1.97. The van der Waals surface area contributed by atoms with Crippen molar-refractivity contribution in [2.24, 2.45) is 0 Å². The molecule has 0 bridgehead atoms. The van der Waals surface area contributed by atoms with Crippen LogP contribution < -0.4 is 10.1 Å². The van der Waals surface area contributed by atoms with Crippen LogP contribution in [-0.4, -0.2) is 34.1 Å². The van der Waals surface area contributed by atoms with E-state index in [-0.39, 0.29) is 5.91 Å². The summed E-state index contributed by atoms with van der Waals surface area (Å²) >= 11 is 0. The standard InChI is InChI=1S/C26H24N4O3/c1-18-16-20(26(32)29-21-13-14-27-28-17-21)7-11-24(18)30-22(4-3-15-31)8-12-25(30)19-5-9-23(33-2)10-6-19/h5-17H,3-4H2,1-2H3,(H,27,29,32). The fourth-order valence-electron chi connectivity index (χ4n) is 3.77. The number of benzene rings is 2. The molecular formula is C26H24N4O3. The van der Waals surface area contributed by atoms with E-state index < -0.39 is 0 Å². The summed E-state index contributed by atoms with van der Waals surface area (Å²) in [7, 11) is 1.64. The Labute approximate surface area is 192 Å². The molecule has 1 N–H and O–H groups in total. The second kappa shape index (κ2) is 9.91. The van der Waals surface area contributed by atoms with Crippen LogP contribution in [0.3, 0.4) is 0 Å². The first-order valence-electron chi connectivity index (χ1n) is 10.6. The summed E-state index contributed by atoms with van der Waals surface area (Å²) < 4.78 is 7.43. The average molecular weight is 441 g/mol. The number of ether oxygens (including phenoxy) is 1. The molecule has 2 heterocycles. The van der Waals surface area contributed by atoms with Gasteiger partial charge in [0.1, 0.15) is 12.0 Å². The van der Waals surface area contributed by atoms with Crippen LogP contribution in [0.25, 0.3) is 16.9 Å². The lowest BCUT2D eigenvalue weighted by atomic mass is 10.1. The predicted octanol–water partition coefficient (Wildman–Crippen LogP) is 4.64. The Kier molecular flexibility index (Phi) is 6.59. The summed E-state index contributed by atoms with van der Waals surface area (Å²) in [6.07, 6.45) is 5.01. The average Bonchev–Trinajstić information content (AvgIpc) is 3.26. The largest absolute Gasteiger partial charge is 0.497 e. The van der Waals surface area contributed by atoms with E-state index in [0.717, 1.165) is 40.2 Å². The topological polar surface area (TPSA) is 86.1 Å². The SMILES string of the molecule is COc1ccc(-c2ccc(CCC=O)n2-c2ccc(C(=O)Nc3ccnnc3)cc2C)cc1. The van der Waals surface area contributed by atoms with Crippen molar-refractivity contribution < 1.29 is 14.3 Å². The van der Waals surface area contributed by atoms with Crippen LogP contribution in [-0.2, 0) is 11.2 Å². The third kappa shape index (κ3) is 4.82. The van der Waals surface area contributed by atoms with Gasteiger partial charge in [-0.25, -0.2) is 0 Å². The van der Waals surface area contributed by atoms with E-state index >= 15 is 0 Å². The van der Waals surface area contributed by atoms with Gasteiger partial charge in [0.25, 0.3) is 5.91 Å². The molecule has 0 radical (unpaired) electrons. The zero-order valence-electron chi connectivity index (χ0n) is 18.5. The van der Waals surface area contributed by atoms with Gasteiger partial charge in [0.15, 0.2) is 0 Å². The fraction of sp³-hybridized carbons (Fsp3) is 0.154. The number of methoxy groups -OCH3 is 1. The van der Waals surface area contributed by atoms with E-state index in [9.17, 15) is 9.59 Å². The number of amides is 1. The van der Waals surface area contributed by atoms with Crippen LogP contribution in [0.5, 0.6) is 5.75 Å². The minimum atomic E-state index is -0.221. The van der Waals surface area contributed by atoms with E-state index in [0.29, 0.717) is 24.1 Å². The maximum Gasteiger partial charge on any atom is 0.255 e. The number of carbonyl (C=O) groups is 2. The molecule has 7 nitrogen and oxygen atoms in total. The number of nitrogens with zero attached hydrogens (tertiary/aromatic N) is 3. The Hall–Kier alpha value is -4.26. The Morgan fingerprint density at radius 3 is 2.55 bits per heavy atom. The van der Waals surface area contributed by atoms with Crippen LogP contribution in [0.4, 0.5) is 5.69 Å². The van der Waals surface area contributed by atoms with E-state index in [1.165, 1.54) is 12.4 Å². The molecule has 4 rings (SSSR count). The highest BCUT2D eigenvalue weighted by Gasteiger charge is 2.16. The molecule has 1 amide bonds. The highest BCUT2D eigenvalue weighted by atomic mass is 16.5. The molecule has 2 aromatic heterocycles. The third-order valence-corrected chi connectivity index (χ3v) is 5.41. The molecule has 7 heteroatoms. The molecule has 0 aliphatic rings. The van der Waals surface area contributed by atoms with Gasteiger partial charge in [-0.2, -0.15) is 10.2 Å². The summed E-state index contributed by atoms with van der Waals surface area (Å²) in [5.74, 6) is 0.565. The molecule has 0 saturated heterocycles. The Bertz CT molecular complexity index is 1260. The second-order valence-corrected chi connectivity index (χ2v) is 7.57. The van der Waals surface area contributed by atoms with Crippen molar-refractivity contribution in [1.29, 1.82) is 0 Å². The summed E-state index contributed by atoms with van der Waals surface area (Å²) in [4.78, 5) is 23.7. The summed E-state index contributed by atoms with van der Waals surface area (Å²) in [6, 6.07) is 19.2. The predicted molar refractivity (Wildman–Crippen MR) is 127 cm³/mol. The first kappa shape index (κ1) is 22.0. The first-order chi connectivity index (χ1) is 16.1. The molecule has 0 fully saturated rings. The van der Waals surface area contributed by atoms with Crippen LogP contribution in [0.1, 0.15) is 28.0 Å².